The summed E-state index contributed by atoms with van der Waals surface area (Å²) in [5, 5.41) is 2.78. The Morgan fingerprint density at radius 3 is 2.77 bits per heavy atom. The number of carbonyl (C=O) groups excluding carboxylic acids is 1. The second-order valence-corrected chi connectivity index (χ2v) is 7.24. The van der Waals surface area contributed by atoms with Gasteiger partial charge in [-0.25, -0.2) is 8.42 Å². The van der Waals surface area contributed by atoms with Gasteiger partial charge in [0.05, 0.1) is 17.4 Å². The first kappa shape index (κ1) is 16.9. The first-order valence-corrected chi connectivity index (χ1v) is 8.81. The van der Waals surface area contributed by atoms with Crippen molar-refractivity contribution in [2.24, 2.45) is 5.92 Å². The largest absolute Gasteiger partial charge is 0.383 e. The Hall–Kier alpha value is -1.44. The molecule has 0 bridgehead atoms. The molecular formula is C15H22N2O4S. The Morgan fingerprint density at radius 1 is 1.36 bits per heavy atom. The van der Waals surface area contributed by atoms with Crippen LogP contribution in [-0.2, 0) is 19.6 Å². The van der Waals surface area contributed by atoms with Gasteiger partial charge in [0.2, 0.25) is 15.9 Å². The zero-order valence-corrected chi connectivity index (χ0v) is 13.5. The fourth-order valence-electron chi connectivity index (χ4n) is 2.54. The molecule has 0 aliphatic carbocycles. The Bertz CT molecular complexity index is 589. The average molecular weight is 326 g/mol. The molecule has 1 heterocycles. The van der Waals surface area contributed by atoms with E-state index in [-0.39, 0.29) is 23.3 Å². The number of hydrogen-bond acceptors (Lipinski definition) is 4. The number of carbonyl (C=O) groups is 1. The van der Waals surface area contributed by atoms with E-state index in [1.165, 1.54) is 4.31 Å². The highest BCUT2D eigenvalue weighted by Gasteiger charge is 2.32. The third-order valence-corrected chi connectivity index (χ3v) is 5.62. The lowest BCUT2D eigenvalue weighted by molar-refractivity contribution is -0.126. The number of nitrogens with one attached hydrogen (secondary N) is 1. The summed E-state index contributed by atoms with van der Waals surface area (Å²) in [4.78, 5) is 12.4. The Balaban J connectivity index is 2.03. The number of nitrogens with zero attached hydrogens (tertiary/aromatic N) is 1. The van der Waals surface area contributed by atoms with Gasteiger partial charge in [-0.3, -0.25) is 4.79 Å². The number of piperidine rings is 1. The van der Waals surface area contributed by atoms with Gasteiger partial charge >= 0.3 is 0 Å². The Labute approximate surface area is 131 Å². The summed E-state index contributed by atoms with van der Waals surface area (Å²) in [5.41, 5.74) is 0. The second-order valence-electron chi connectivity index (χ2n) is 5.30. The van der Waals surface area contributed by atoms with Crippen molar-refractivity contribution in [2.75, 3.05) is 33.4 Å². The first-order valence-electron chi connectivity index (χ1n) is 7.37. The van der Waals surface area contributed by atoms with Gasteiger partial charge in [-0.2, -0.15) is 4.31 Å². The van der Waals surface area contributed by atoms with Gasteiger partial charge in [0.25, 0.3) is 0 Å². The highest BCUT2D eigenvalue weighted by atomic mass is 32.2. The third kappa shape index (κ3) is 4.06. The van der Waals surface area contributed by atoms with Gasteiger partial charge in [-0.1, -0.05) is 18.2 Å². The van der Waals surface area contributed by atoms with Crippen LogP contribution in [0, 0.1) is 5.92 Å². The summed E-state index contributed by atoms with van der Waals surface area (Å²) in [6, 6.07) is 8.34. The molecule has 6 nitrogen and oxygen atoms in total. The summed E-state index contributed by atoms with van der Waals surface area (Å²) in [7, 11) is -1.95. The van der Waals surface area contributed by atoms with Crippen LogP contribution in [0.3, 0.4) is 0 Å². The SMILES string of the molecule is COCCNC(=O)[C@H]1CCCN(S(=O)(=O)c2ccccc2)C1. The van der Waals surface area contributed by atoms with Gasteiger partial charge in [-0.05, 0) is 25.0 Å². The lowest BCUT2D eigenvalue weighted by Crippen LogP contribution is -2.45. The maximum Gasteiger partial charge on any atom is 0.243 e. The molecule has 122 valence electrons. The molecule has 1 atom stereocenters. The highest BCUT2D eigenvalue weighted by Crippen LogP contribution is 2.23. The summed E-state index contributed by atoms with van der Waals surface area (Å²) in [6.07, 6.45) is 1.40. The van der Waals surface area contributed by atoms with Crippen LogP contribution in [0.2, 0.25) is 0 Å². The van der Waals surface area contributed by atoms with Crippen molar-refractivity contribution < 1.29 is 17.9 Å². The average Bonchev–Trinajstić information content (AvgIpc) is 2.56. The van der Waals surface area contributed by atoms with Crippen molar-refractivity contribution in [3.05, 3.63) is 30.3 Å². The van der Waals surface area contributed by atoms with Crippen molar-refractivity contribution in [2.45, 2.75) is 17.7 Å². The molecular weight excluding hydrogens is 304 g/mol. The summed E-state index contributed by atoms with van der Waals surface area (Å²) in [5.74, 6) is -0.408. The highest BCUT2D eigenvalue weighted by molar-refractivity contribution is 7.89. The first-order chi connectivity index (χ1) is 10.6. The fraction of sp³-hybridized carbons (Fsp3) is 0.533. The molecule has 1 fully saturated rings. The van der Waals surface area contributed by atoms with E-state index in [0.717, 1.165) is 0 Å². The number of ether oxygens (including phenoxy) is 1. The minimum absolute atomic E-state index is 0.106. The Kier molecular flexibility index (Phi) is 5.93. The van der Waals surface area contributed by atoms with E-state index < -0.39 is 10.0 Å². The smallest absolute Gasteiger partial charge is 0.243 e. The lowest BCUT2D eigenvalue weighted by Gasteiger charge is -2.31. The molecule has 1 N–H and O–H groups in total. The number of benzene rings is 1. The van der Waals surface area contributed by atoms with Crippen molar-refractivity contribution in [1.29, 1.82) is 0 Å². The van der Waals surface area contributed by atoms with Crippen molar-refractivity contribution in [3.63, 3.8) is 0 Å². The molecule has 1 aromatic carbocycles. The molecule has 1 aliphatic rings. The number of rotatable bonds is 6. The molecule has 22 heavy (non-hydrogen) atoms. The predicted molar refractivity (Wildman–Crippen MR) is 82.8 cm³/mol. The predicted octanol–water partition coefficient (Wildman–Crippen LogP) is 0.850. The molecule has 0 saturated carbocycles. The van der Waals surface area contributed by atoms with E-state index in [2.05, 4.69) is 5.32 Å². The molecule has 0 aromatic heterocycles. The number of hydrogen-bond donors (Lipinski definition) is 1. The minimum Gasteiger partial charge on any atom is -0.383 e. The van der Waals surface area contributed by atoms with Crippen LogP contribution in [0.1, 0.15) is 12.8 Å². The van der Waals surface area contributed by atoms with Crippen LogP contribution in [0.5, 0.6) is 0 Å². The normalized spacial score (nSPS) is 19.8. The number of methoxy groups -OCH3 is 1. The van der Waals surface area contributed by atoms with Crippen molar-refractivity contribution in [3.8, 4) is 0 Å². The quantitative estimate of drug-likeness (QED) is 0.787. The molecule has 0 unspecified atom stereocenters. The van der Waals surface area contributed by atoms with Gasteiger partial charge in [0, 0.05) is 26.7 Å². The van der Waals surface area contributed by atoms with Gasteiger partial charge in [0.15, 0.2) is 0 Å². The van der Waals surface area contributed by atoms with Gasteiger partial charge in [-0.15, -0.1) is 0 Å². The lowest BCUT2D eigenvalue weighted by atomic mass is 9.99. The monoisotopic (exact) mass is 326 g/mol. The van der Waals surface area contributed by atoms with Crippen molar-refractivity contribution >= 4 is 15.9 Å². The van der Waals surface area contributed by atoms with E-state index in [1.807, 2.05) is 0 Å². The van der Waals surface area contributed by atoms with Crippen LogP contribution >= 0.6 is 0 Å². The maximum atomic E-state index is 12.6. The van der Waals surface area contributed by atoms with E-state index in [4.69, 9.17) is 4.74 Å². The van der Waals surface area contributed by atoms with E-state index >= 15 is 0 Å². The zero-order valence-electron chi connectivity index (χ0n) is 12.7. The zero-order chi connectivity index (χ0) is 16.0. The van der Waals surface area contributed by atoms with Crippen LogP contribution < -0.4 is 5.32 Å². The fourth-order valence-corrected chi connectivity index (χ4v) is 4.08. The molecule has 1 amide bonds. The van der Waals surface area contributed by atoms with E-state index in [0.29, 0.717) is 32.5 Å². The molecule has 0 spiro atoms. The van der Waals surface area contributed by atoms with Crippen LogP contribution in [0.4, 0.5) is 0 Å². The standard InChI is InChI=1S/C15H22N2O4S/c1-21-11-9-16-15(18)13-6-5-10-17(12-13)22(19,20)14-7-3-2-4-8-14/h2-4,7-8,13H,5-6,9-12H2,1H3,(H,16,18)/t13-/m0/s1. The molecule has 1 saturated heterocycles. The molecule has 1 aliphatic heterocycles. The Morgan fingerprint density at radius 2 is 2.09 bits per heavy atom. The van der Waals surface area contributed by atoms with E-state index in [1.54, 1.807) is 37.4 Å². The summed E-state index contributed by atoms with van der Waals surface area (Å²) < 4.78 is 31.5. The summed E-state index contributed by atoms with van der Waals surface area (Å²) in [6.45, 7) is 1.58. The van der Waals surface area contributed by atoms with Gasteiger partial charge < -0.3 is 10.1 Å². The number of amides is 1. The van der Waals surface area contributed by atoms with Crippen LogP contribution in [-0.4, -0.2) is 52.0 Å². The third-order valence-electron chi connectivity index (χ3n) is 3.74. The number of sulfonamides is 1. The van der Waals surface area contributed by atoms with Gasteiger partial charge in [0.1, 0.15) is 0 Å². The summed E-state index contributed by atoms with van der Waals surface area (Å²) >= 11 is 0. The molecule has 0 radical (unpaired) electrons. The topological polar surface area (TPSA) is 75.7 Å². The van der Waals surface area contributed by atoms with Crippen molar-refractivity contribution in [1.82, 2.24) is 9.62 Å². The molecule has 2 rings (SSSR count). The van der Waals surface area contributed by atoms with Crippen LogP contribution in [0.25, 0.3) is 0 Å². The van der Waals surface area contributed by atoms with E-state index in [9.17, 15) is 13.2 Å². The molecule has 7 heteroatoms. The second kappa shape index (κ2) is 7.71. The molecule has 1 aromatic rings. The maximum absolute atomic E-state index is 12.6. The van der Waals surface area contributed by atoms with Crippen LogP contribution in [0.15, 0.2) is 35.2 Å². The minimum atomic E-state index is -3.52.